The van der Waals surface area contributed by atoms with E-state index in [9.17, 15) is 4.39 Å². The molecule has 0 fully saturated rings. The van der Waals surface area contributed by atoms with Gasteiger partial charge in [-0.2, -0.15) is 0 Å². The zero-order valence-electron chi connectivity index (χ0n) is 8.31. The fourth-order valence-corrected chi connectivity index (χ4v) is 1.27. The monoisotopic (exact) mass is 206 g/mol. The highest BCUT2D eigenvalue weighted by Gasteiger charge is 1.98. The van der Waals surface area contributed by atoms with E-state index in [0.717, 1.165) is 11.4 Å². The summed E-state index contributed by atoms with van der Waals surface area (Å²) in [6.45, 7) is 0.539. The molecule has 15 heavy (non-hydrogen) atoms. The lowest BCUT2D eigenvalue weighted by Gasteiger charge is -2.03. The number of benzene rings is 1. The molecule has 1 aromatic carbocycles. The van der Waals surface area contributed by atoms with Crippen LogP contribution in [0, 0.1) is 5.82 Å². The van der Waals surface area contributed by atoms with E-state index in [1.807, 2.05) is 6.20 Å². The predicted octanol–water partition coefficient (Wildman–Crippen LogP) is 1.57. The Kier molecular flexibility index (Phi) is 2.62. The number of halogens is 1. The molecule has 0 spiro atoms. The van der Waals surface area contributed by atoms with E-state index in [0.29, 0.717) is 6.54 Å². The molecule has 4 nitrogen and oxygen atoms in total. The molecule has 2 rings (SSSR count). The van der Waals surface area contributed by atoms with Crippen LogP contribution in [0.4, 0.5) is 10.1 Å². The van der Waals surface area contributed by atoms with Gasteiger partial charge in [-0.25, -0.2) is 4.39 Å². The first-order valence-electron chi connectivity index (χ1n) is 4.59. The van der Waals surface area contributed by atoms with Crippen LogP contribution in [0.5, 0.6) is 0 Å². The van der Waals surface area contributed by atoms with Crippen molar-refractivity contribution in [1.29, 1.82) is 0 Å². The molecule has 0 radical (unpaired) electrons. The number of aryl methyl sites for hydroxylation is 1. The summed E-state index contributed by atoms with van der Waals surface area (Å²) >= 11 is 0. The van der Waals surface area contributed by atoms with E-state index in [4.69, 9.17) is 0 Å². The van der Waals surface area contributed by atoms with Gasteiger partial charge in [0.25, 0.3) is 0 Å². The highest BCUT2D eigenvalue weighted by molar-refractivity contribution is 5.43. The third-order valence-corrected chi connectivity index (χ3v) is 1.95. The van der Waals surface area contributed by atoms with Crippen molar-refractivity contribution in [3.05, 3.63) is 42.0 Å². The summed E-state index contributed by atoms with van der Waals surface area (Å²) in [6.07, 6.45) is 1.81. The Labute approximate surface area is 86.7 Å². The van der Waals surface area contributed by atoms with Crippen LogP contribution in [-0.4, -0.2) is 15.0 Å². The topological polar surface area (TPSA) is 42.7 Å². The van der Waals surface area contributed by atoms with Crippen molar-refractivity contribution in [3.63, 3.8) is 0 Å². The van der Waals surface area contributed by atoms with Crippen LogP contribution in [0.1, 0.15) is 5.69 Å². The third-order valence-electron chi connectivity index (χ3n) is 1.95. The molecule has 0 aliphatic rings. The lowest BCUT2D eigenvalue weighted by atomic mass is 10.3. The van der Waals surface area contributed by atoms with Crippen LogP contribution < -0.4 is 5.32 Å². The van der Waals surface area contributed by atoms with Gasteiger partial charge in [0.15, 0.2) is 0 Å². The molecular weight excluding hydrogens is 195 g/mol. The third kappa shape index (κ3) is 2.52. The summed E-state index contributed by atoms with van der Waals surface area (Å²) in [5.41, 5.74) is 1.56. The molecule has 2 aromatic rings. The summed E-state index contributed by atoms with van der Waals surface area (Å²) in [7, 11) is 1.80. The number of aromatic nitrogens is 3. The van der Waals surface area contributed by atoms with Crippen molar-refractivity contribution in [1.82, 2.24) is 15.0 Å². The molecule has 78 valence electrons. The Morgan fingerprint density at radius 3 is 3.00 bits per heavy atom. The molecular formula is C10H11FN4. The van der Waals surface area contributed by atoms with Crippen LogP contribution in [0.2, 0.25) is 0 Å². The molecule has 0 atom stereocenters. The van der Waals surface area contributed by atoms with E-state index in [-0.39, 0.29) is 5.82 Å². The summed E-state index contributed by atoms with van der Waals surface area (Å²) < 4.78 is 14.5. The molecule has 0 bridgehead atoms. The maximum Gasteiger partial charge on any atom is 0.125 e. The molecule has 1 N–H and O–H groups in total. The van der Waals surface area contributed by atoms with Crippen molar-refractivity contribution < 1.29 is 4.39 Å². The molecule has 0 saturated carbocycles. The highest BCUT2D eigenvalue weighted by atomic mass is 19.1. The smallest absolute Gasteiger partial charge is 0.125 e. The minimum Gasteiger partial charge on any atom is -0.379 e. The molecule has 0 unspecified atom stereocenters. The van der Waals surface area contributed by atoms with Gasteiger partial charge in [0.1, 0.15) is 11.5 Å². The number of rotatable bonds is 3. The molecule has 0 saturated heterocycles. The fourth-order valence-electron chi connectivity index (χ4n) is 1.27. The first kappa shape index (κ1) is 9.64. The van der Waals surface area contributed by atoms with Crippen molar-refractivity contribution >= 4 is 5.69 Å². The number of anilines is 1. The van der Waals surface area contributed by atoms with Gasteiger partial charge < -0.3 is 5.32 Å². The van der Waals surface area contributed by atoms with Gasteiger partial charge in [-0.3, -0.25) is 4.68 Å². The van der Waals surface area contributed by atoms with Gasteiger partial charge in [0.05, 0.1) is 6.54 Å². The zero-order valence-corrected chi connectivity index (χ0v) is 8.31. The quantitative estimate of drug-likeness (QED) is 0.828. The minimum atomic E-state index is -0.251. The van der Waals surface area contributed by atoms with Gasteiger partial charge in [-0.15, -0.1) is 5.10 Å². The van der Waals surface area contributed by atoms with E-state index >= 15 is 0 Å². The maximum atomic E-state index is 12.8. The summed E-state index contributed by atoms with van der Waals surface area (Å²) in [5.74, 6) is -0.251. The second-order valence-corrected chi connectivity index (χ2v) is 3.25. The first-order valence-corrected chi connectivity index (χ1v) is 4.59. The number of nitrogens with one attached hydrogen (secondary N) is 1. The molecule has 5 heteroatoms. The van der Waals surface area contributed by atoms with E-state index in [2.05, 4.69) is 15.6 Å². The normalized spacial score (nSPS) is 10.3. The lowest BCUT2D eigenvalue weighted by Crippen LogP contribution is -1.99. The van der Waals surface area contributed by atoms with E-state index < -0.39 is 0 Å². The highest BCUT2D eigenvalue weighted by Crippen LogP contribution is 2.09. The summed E-state index contributed by atoms with van der Waals surface area (Å²) in [5, 5.41) is 10.8. The van der Waals surface area contributed by atoms with Crippen LogP contribution in [0.3, 0.4) is 0 Å². The van der Waals surface area contributed by atoms with Gasteiger partial charge in [-0.1, -0.05) is 11.3 Å². The van der Waals surface area contributed by atoms with Crippen LogP contribution >= 0.6 is 0 Å². The van der Waals surface area contributed by atoms with Crippen LogP contribution in [-0.2, 0) is 13.6 Å². The SMILES string of the molecule is Cn1cc(CNc2cccc(F)c2)nn1. The van der Waals surface area contributed by atoms with E-state index in [1.165, 1.54) is 12.1 Å². The maximum absolute atomic E-state index is 12.8. The Morgan fingerprint density at radius 1 is 1.47 bits per heavy atom. The largest absolute Gasteiger partial charge is 0.379 e. The summed E-state index contributed by atoms with van der Waals surface area (Å²) in [6, 6.07) is 6.32. The molecule has 1 heterocycles. The van der Waals surface area contributed by atoms with Crippen molar-refractivity contribution in [2.45, 2.75) is 6.54 Å². The number of hydrogen-bond acceptors (Lipinski definition) is 3. The molecule has 0 aliphatic heterocycles. The van der Waals surface area contributed by atoms with E-state index in [1.54, 1.807) is 23.9 Å². The van der Waals surface area contributed by atoms with Gasteiger partial charge in [0, 0.05) is 18.9 Å². The second-order valence-electron chi connectivity index (χ2n) is 3.25. The van der Waals surface area contributed by atoms with Crippen LogP contribution in [0.25, 0.3) is 0 Å². The van der Waals surface area contributed by atoms with Crippen LogP contribution in [0.15, 0.2) is 30.5 Å². The molecule has 1 aromatic heterocycles. The molecule has 0 aliphatic carbocycles. The predicted molar refractivity (Wildman–Crippen MR) is 54.7 cm³/mol. The van der Waals surface area contributed by atoms with Gasteiger partial charge in [-0.05, 0) is 18.2 Å². The van der Waals surface area contributed by atoms with Crippen molar-refractivity contribution in [3.8, 4) is 0 Å². The van der Waals surface area contributed by atoms with Gasteiger partial charge >= 0.3 is 0 Å². The summed E-state index contributed by atoms with van der Waals surface area (Å²) in [4.78, 5) is 0. The molecule has 0 amide bonds. The first-order chi connectivity index (χ1) is 7.24. The fraction of sp³-hybridized carbons (Fsp3) is 0.200. The Hall–Kier alpha value is -1.91. The second kappa shape index (κ2) is 4.08. The minimum absolute atomic E-state index is 0.251. The average Bonchev–Trinajstić information content (AvgIpc) is 2.62. The Morgan fingerprint density at radius 2 is 2.33 bits per heavy atom. The number of hydrogen-bond donors (Lipinski definition) is 1. The van der Waals surface area contributed by atoms with Gasteiger partial charge in [0.2, 0.25) is 0 Å². The Bertz CT molecular complexity index is 452. The van der Waals surface area contributed by atoms with Crippen molar-refractivity contribution in [2.75, 3.05) is 5.32 Å². The lowest BCUT2D eigenvalue weighted by molar-refractivity contribution is 0.628. The standard InChI is InChI=1S/C10H11FN4/c1-15-7-10(13-14-15)6-12-9-4-2-3-8(11)5-9/h2-5,7,12H,6H2,1H3. The average molecular weight is 206 g/mol. The Balaban J connectivity index is 1.99. The zero-order chi connectivity index (χ0) is 10.7. The van der Waals surface area contributed by atoms with Crippen molar-refractivity contribution in [2.24, 2.45) is 7.05 Å². The number of nitrogens with zero attached hydrogens (tertiary/aromatic N) is 3.